The van der Waals surface area contributed by atoms with Crippen molar-refractivity contribution in [2.75, 3.05) is 13.2 Å². The Balaban J connectivity index is 2.69. The molecule has 0 bridgehead atoms. The summed E-state index contributed by atoms with van der Waals surface area (Å²) in [5.74, 6) is -1.36. The number of aliphatic hydroxyl groups excluding tert-OH is 1. The second kappa shape index (κ2) is 5.82. The summed E-state index contributed by atoms with van der Waals surface area (Å²) in [7, 11) is 0. The van der Waals surface area contributed by atoms with E-state index in [0.717, 1.165) is 18.2 Å². The van der Waals surface area contributed by atoms with Crippen LogP contribution in [0.15, 0.2) is 18.2 Å². The summed E-state index contributed by atoms with van der Waals surface area (Å²) in [6.45, 7) is 4.17. The molecule has 0 heterocycles. The lowest BCUT2D eigenvalue weighted by molar-refractivity contribution is 0.0925. The highest BCUT2D eigenvalue weighted by Gasteiger charge is 2.19. The van der Waals surface area contributed by atoms with Gasteiger partial charge in [0.1, 0.15) is 11.6 Å². The molecule has 0 fully saturated rings. The number of phenolic OH excluding ortho intramolecular Hbond substituents is 1. The smallest absolute Gasteiger partial charge is 0.255 e. The molecule has 0 aromatic heterocycles. The third-order valence-electron chi connectivity index (χ3n) is 2.72. The highest BCUT2D eigenvalue weighted by molar-refractivity contribution is 5.96. The normalized spacial score (nSPS) is 11.3. The van der Waals surface area contributed by atoms with E-state index in [4.69, 9.17) is 5.11 Å². The summed E-state index contributed by atoms with van der Waals surface area (Å²) in [5, 5.41) is 20.9. The average Bonchev–Trinajstić information content (AvgIpc) is 2.29. The third kappa shape index (κ3) is 4.00. The topological polar surface area (TPSA) is 69.6 Å². The molecule has 0 saturated heterocycles. The molecule has 0 atom stereocenters. The fourth-order valence-electron chi connectivity index (χ4n) is 1.50. The van der Waals surface area contributed by atoms with Gasteiger partial charge < -0.3 is 15.5 Å². The Kier molecular flexibility index (Phi) is 4.67. The molecule has 0 aliphatic heterocycles. The van der Waals surface area contributed by atoms with Crippen LogP contribution in [-0.4, -0.2) is 29.3 Å². The summed E-state index contributed by atoms with van der Waals surface area (Å²) in [4.78, 5) is 11.8. The van der Waals surface area contributed by atoms with Gasteiger partial charge in [0.15, 0.2) is 0 Å². The minimum atomic E-state index is -0.576. The maximum atomic E-state index is 13.0. The fraction of sp³-hybridized carbons (Fsp3) is 0.462. The number of hydrogen-bond donors (Lipinski definition) is 3. The summed E-state index contributed by atoms with van der Waals surface area (Å²) in [6, 6.07) is 3.22. The third-order valence-corrected chi connectivity index (χ3v) is 2.72. The number of nitrogens with one attached hydrogen (secondary N) is 1. The first-order valence-corrected chi connectivity index (χ1v) is 5.73. The first kappa shape index (κ1) is 14.4. The summed E-state index contributed by atoms with van der Waals surface area (Å²) >= 11 is 0. The standard InChI is InChI=1S/C13H18FNO3/c1-13(2,5-6-16)8-15-12(18)10-7-9(14)3-4-11(10)17/h3-4,7,16-17H,5-6,8H2,1-2H3,(H,15,18). The van der Waals surface area contributed by atoms with Gasteiger partial charge in [0, 0.05) is 13.2 Å². The monoisotopic (exact) mass is 255 g/mol. The van der Waals surface area contributed by atoms with Gasteiger partial charge in [-0.1, -0.05) is 13.8 Å². The van der Waals surface area contributed by atoms with E-state index in [1.54, 1.807) is 0 Å². The van der Waals surface area contributed by atoms with Gasteiger partial charge in [0.05, 0.1) is 5.56 Å². The highest BCUT2D eigenvalue weighted by Crippen LogP contribution is 2.20. The molecule has 5 heteroatoms. The van der Waals surface area contributed by atoms with Gasteiger partial charge >= 0.3 is 0 Å². The molecule has 1 amide bonds. The number of halogens is 1. The zero-order valence-corrected chi connectivity index (χ0v) is 10.5. The van der Waals surface area contributed by atoms with Crippen LogP contribution in [0.3, 0.4) is 0 Å². The van der Waals surface area contributed by atoms with Crippen molar-refractivity contribution in [3.63, 3.8) is 0 Å². The molecule has 3 N–H and O–H groups in total. The van der Waals surface area contributed by atoms with Gasteiger partial charge in [-0.3, -0.25) is 4.79 Å². The Morgan fingerprint density at radius 3 is 2.72 bits per heavy atom. The maximum absolute atomic E-state index is 13.0. The fourth-order valence-corrected chi connectivity index (χ4v) is 1.50. The van der Waals surface area contributed by atoms with Gasteiger partial charge in [-0.15, -0.1) is 0 Å². The Morgan fingerprint density at radius 2 is 2.11 bits per heavy atom. The van der Waals surface area contributed by atoms with E-state index in [1.807, 2.05) is 13.8 Å². The van der Waals surface area contributed by atoms with Crippen molar-refractivity contribution in [2.45, 2.75) is 20.3 Å². The Morgan fingerprint density at radius 1 is 1.44 bits per heavy atom. The molecule has 0 spiro atoms. The number of carbonyl (C=O) groups is 1. The molecule has 18 heavy (non-hydrogen) atoms. The van der Waals surface area contributed by atoms with E-state index in [-0.39, 0.29) is 23.3 Å². The quantitative estimate of drug-likeness (QED) is 0.749. The van der Waals surface area contributed by atoms with Crippen molar-refractivity contribution in [1.82, 2.24) is 5.32 Å². The summed E-state index contributed by atoms with van der Waals surface area (Å²) in [6.07, 6.45) is 0.544. The summed E-state index contributed by atoms with van der Waals surface area (Å²) in [5.41, 5.74) is -0.345. The van der Waals surface area contributed by atoms with Crippen molar-refractivity contribution < 1.29 is 19.4 Å². The number of aliphatic hydroxyl groups is 1. The van der Waals surface area contributed by atoms with Crippen molar-refractivity contribution in [3.8, 4) is 5.75 Å². The lowest BCUT2D eigenvalue weighted by Gasteiger charge is -2.23. The molecule has 0 aliphatic carbocycles. The lowest BCUT2D eigenvalue weighted by Crippen LogP contribution is -2.34. The Hall–Kier alpha value is -1.62. The number of phenols is 1. The van der Waals surface area contributed by atoms with Crippen LogP contribution in [0, 0.1) is 11.2 Å². The molecule has 100 valence electrons. The zero-order chi connectivity index (χ0) is 13.8. The molecule has 0 unspecified atom stereocenters. The number of hydrogen-bond acceptors (Lipinski definition) is 3. The SMILES string of the molecule is CC(C)(CCO)CNC(=O)c1cc(F)ccc1O. The minimum absolute atomic E-state index is 0.0358. The second-order valence-electron chi connectivity index (χ2n) is 4.98. The number of rotatable bonds is 5. The molecular formula is C13H18FNO3. The molecule has 1 aromatic rings. The minimum Gasteiger partial charge on any atom is -0.507 e. The molecule has 0 radical (unpaired) electrons. The van der Waals surface area contributed by atoms with Crippen molar-refractivity contribution in [3.05, 3.63) is 29.6 Å². The van der Waals surface area contributed by atoms with Crippen LogP contribution in [-0.2, 0) is 0 Å². The largest absolute Gasteiger partial charge is 0.507 e. The van der Waals surface area contributed by atoms with E-state index >= 15 is 0 Å². The number of amides is 1. The molecule has 1 rings (SSSR count). The van der Waals surface area contributed by atoms with Gasteiger partial charge in [-0.05, 0) is 30.0 Å². The molecule has 0 saturated carbocycles. The average molecular weight is 255 g/mol. The van der Waals surface area contributed by atoms with Crippen molar-refractivity contribution in [2.24, 2.45) is 5.41 Å². The van der Waals surface area contributed by atoms with E-state index in [2.05, 4.69) is 5.32 Å². The van der Waals surface area contributed by atoms with Crippen LogP contribution in [0.2, 0.25) is 0 Å². The van der Waals surface area contributed by atoms with Crippen LogP contribution < -0.4 is 5.32 Å². The zero-order valence-electron chi connectivity index (χ0n) is 10.5. The predicted octanol–water partition coefficient (Wildman–Crippen LogP) is 1.67. The van der Waals surface area contributed by atoms with E-state index in [0.29, 0.717) is 13.0 Å². The van der Waals surface area contributed by atoms with Crippen LogP contribution in [0.5, 0.6) is 5.75 Å². The lowest BCUT2D eigenvalue weighted by atomic mass is 9.89. The number of carbonyl (C=O) groups excluding carboxylic acids is 1. The van der Waals surface area contributed by atoms with Gasteiger partial charge in [-0.2, -0.15) is 0 Å². The van der Waals surface area contributed by atoms with Crippen LogP contribution in [0.4, 0.5) is 4.39 Å². The highest BCUT2D eigenvalue weighted by atomic mass is 19.1. The first-order chi connectivity index (χ1) is 8.35. The van der Waals surface area contributed by atoms with Crippen LogP contribution in [0.25, 0.3) is 0 Å². The molecule has 0 aliphatic rings. The van der Waals surface area contributed by atoms with E-state index in [1.165, 1.54) is 0 Å². The van der Waals surface area contributed by atoms with Gasteiger partial charge in [0.2, 0.25) is 0 Å². The van der Waals surface area contributed by atoms with Gasteiger partial charge in [-0.25, -0.2) is 4.39 Å². The molecule has 1 aromatic carbocycles. The Bertz CT molecular complexity index is 432. The second-order valence-corrected chi connectivity index (χ2v) is 4.98. The Labute approximate surface area is 105 Å². The van der Waals surface area contributed by atoms with Crippen molar-refractivity contribution in [1.29, 1.82) is 0 Å². The first-order valence-electron chi connectivity index (χ1n) is 5.73. The predicted molar refractivity (Wildman–Crippen MR) is 65.9 cm³/mol. The summed E-state index contributed by atoms with van der Waals surface area (Å²) < 4.78 is 13.0. The maximum Gasteiger partial charge on any atom is 0.255 e. The van der Waals surface area contributed by atoms with E-state index in [9.17, 15) is 14.3 Å². The number of aromatic hydroxyl groups is 1. The van der Waals surface area contributed by atoms with E-state index < -0.39 is 11.7 Å². The van der Waals surface area contributed by atoms with Gasteiger partial charge in [0.25, 0.3) is 5.91 Å². The van der Waals surface area contributed by atoms with Crippen LogP contribution in [0.1, 0.15) is 30.6 Å². The van der Waals surface area contributed by atoms with Crippen molar-refractivity contribution >= 4 is 5.91 Å². The number of benzene rings is 1. The van der Waals surface area contributed by atoms with Crippen LogP contribution >= 0.6 is 0 Å². The molecular weight excluding hydrogens is 237 g/mol. The molecule has 4 nitrogen and oxygen atoms in total.